The Hall–Kier alpha value is -2.16. The lowest BCUT2D eigenvalue weighted by atomic mass is 9.76. The van der Waals surface area contributed by atoms with Crippen LogP contribution in [0.15, 0.2) is 85.2 Å². The zero-order chi connectivity index (χ0) is 40.5. The maximum absolute atomic E-state index is 10.7. The average molecular weight is 844 g/mol. The van der Waals surface area contributed by atoms with Crippen LogP contribution in [0.2, 0.25) is 0 Å². The zero-order valence-electron chi connectivity index (χ0n) is 32.5. The molecule has 53 heavy (non-hydrogen) atoms. The summed E-state index contributed by atoms with van der Waals surface area (Å²) in [6, 6.07) is 29.1. The van der Waals surface area contributed by atoms with Gasteiger partial charge in [-0.3, -0.25) is 4.79 Å². The number of carboxylic acid groups (broad SMARTS) is 1. The Bertz CT molecular complexity index is 1710. The third kappa shape index (κ3) is 17.0. The second-order valence-corrected chi connectivity index (χ2v) is 23.2. The number of carboxylic acids is 1. The van der Waals surface area contributed by atoms with Crippen LogP contribution < -0.4 is 0 Å². The highest BCUT2D eigenvalue weighted by molar-refractivity contribution is 8.47. The summed E-state index contributed by atoms with van der Waals surface area (Å²) in [7, 11) is 0. The number of benzene rings is 2. The number of rotatable bonds is 12. The van der Waals surface area contributed by atoms with Crippen LogP contribution in [-0.2, 0) is 11.2 Å². The van der Waals surface area contributed by atoms with Gasteiger partial charge in [0.05, 0.1) is 27.2 Å². The minimum absolute atomic E-state index is 0.00172. The molecule has 5 nitrogen and oxygen atoms in total. The van der Waals surface area contributed by atoms with E-state index < -0.39 is 21.5 Å². The van der Waals surface area contributed by atoms with E-state index in [1.807, 2.05) is 107 Å². The third-order valence-electron chi connectivity index (χ3n) is 8.81. The van der Waals surface area contributed by atoms with E-state index in [0.717, 1.165) is 29.8 Å². The second-order valence-electron chi connectivity index (χ2n) is 14.5. The van der Waals surface area contributed by atoms with Crippen molar-refractivity contribution < 1.29 is 9.90 Å². The molecule has 3 rings (SSSR count). The number of thioether (sulfide) groups is 4. The molecule has 0 aliphatic rings. The standard InChI is InChI=1S/C15H17NS2.C14H17NS2.C12H19NO2S3/c1-15(2,12-13-8-4-3-5-9-13)18-14(17)16-10-6-7-11-16;1-13(2,10-15)14(3,4)17-12(16)11-8-6-5-7-9-11;1-5-17-10(16)18-11(2,3)12(4,8-13)7-6-9(14)15/h3-11H,12H2,1-2H3;5-9H,1-4H3;5-7H2,1-4H3,(H,14,15). The molecule has 0 radical (unpaired) electrons. The van der Waals surface area contributed by atoms with Crippen molar-refractivity contribution >= 4 is 102 Å². The van der Waals surface area contributed by atoms with Crippen molar-refractivity contribution in [3.05, 3.63) is 96.3 Å². The average Bonchev–Trinajstić information content (AvgIpc) is 3.63. The third-order valence-corrected chi connectivity index (χ3v) is 15.1. The second kappa shape index (κ2) is 22.4. The predicted molar refractivity (Wildman–Crippen MR) is 246 cm³/mol. The van der Waals surface area contributed by atoms with E-state index in [9.17, 15) is 15.3 Å². The fourth-order valence-electron chi connectivity index (χ4n) is 4.31. The van der Waals surface area contributed by atoms with Crippen molar-refractivity contribution in [2.75, 3.05) is 5.75 Å². The fraction of sp³-hybridized carbons (Fsp3) is 0.463. The molecule has 1 unspecified atom stereocenters. The minimum atomic E-state index is -0.872. The summed E-state index contributed by atoms with van der Waals surface area (Å²) in [6.45, 7) is 20.2. The van der Waals surface area contributed by atoms with Gasteiger partial charge in [0.15, 0.2) is 0 Å². The lowest BCUT2D eigenvalue weighted by Crippen LogP contribution is -2.38. The van der Waals surface area contributed by atoms with Crippen molar-refractivity contribution in [3.63, 3.8) is 0 Å². The number of aromatic nitrogens is 1. The summed E-state index contributed by atoms with van der Waals surface area (Å²) < 4.78 is 4.03. The number of hydrogen-bond donors (Lipinski definition) is 1. The molecule has 1 N–H and O–H groups in total. The monoisotopic (exact) mass is 843 g/mol. The Morgan fingerprint density at radius 3 is 1.75 bits per heavy atom. The van der Waals surface area contributed by atoms with E-state index in [1.165, 1.54) is 17.3 Å². The number of nitriles is 2. The van der Waals surface area contributed by atoms with Gasteiger partial charge in [-0.2, -0.15) is 10.5 Å². The Labute approximate surface area is 351 Å². The molecule has 0 saturated carbocycles. The number of nitrogens with zero attached hydrogens (tertiary/aromatic N) is 3. The number of hydrogen-bond acceptors (Lipinski definition) is 10. The van der Waals surface area contributed by atoms with Crippen LogP contribution in [0, 0.1) is 33.5 Å². The molecule has 0 spiro atoms. The highest BCUT2D eigenvalue weighted by Gasteiger charge is 2.43. The largest absolute Gasteiger partial charge is 0.481 e. The van der Waals surface area contributed by atoms with E-state index in [4.69, 9.17) is 41.8 Å². The van der Waals surface area contributed by atoms with Gasteiger partial charge in [-0.05, 0) is 104 Å². The number of carbonyl (C=O) groups is 1. The number of thiocarbonyl (C=S) groups is 3. The van der Waals surface area contributed by atoms with Gasteiger partial charge < -0.3 is 9.67 Å². The Morgan fingerprint density at radius 2 is 1.28 bits per heavy atom. The van der Waals surface area contributed by atoms with Gasteiger partial charge in [0, 0.05) is 33.1 Å². The van der Waals surface area contributed by atoms with E-state index in [2.05, 4.69) is 64.1 Å². The lowest BCUT2D eigenvalue weighted by Gasteiger charge is -2.38. The molecule has 0 aliphatic carbocycles. The highest BCUT2D eigenvalue weighted by atomic mass is 32.2. The maximum Gasteiger partial charge on any atom is 0.303 e. The topological polar surface area (TPSA) is 89.8 Å². The van der Waals surface area contributed by atoms with Gasteiger partial charge in [-0.1, -0.05) is 128 Å². The van der Waals surface area contributed by atoms with Gasteiger partial charge in [0.2, 0.25) is 0 Å². The maximum atomic E-state index is 10.7. The van der Waals surface area contributed by atoms with Crippen LogP contribution in [0.3, 0.4) is 0 Å². The Kier molecular flexibility index (Phi) is 20.7. The van der Waals surface area contributed by atoms with Gasteiger partial charge in [-0.15, -0.1) is 23.5 Å². The molecule has 1 heterocycles. The first kappa shape index (κ1) is 48.9. The van der Waals surface area contributed by atoms with Crippen LogP contribution in [0.5, 0.6) is 0 Å². The zero-order valence-corrected chi connectivity index (χ0v) is 38.2. The first-order chi connectivity index (χ1) is 24.5. The van der Waals surface area contributed by atoms with Gasteiger partial charge in [0.1, 0.15) is 7.85 Å². The molecule has 3 aromatic rings. The van der Waals surface area contributed by atoms with Crippen molar-refractivity contribution in [3.8, 4) is 12.1 Å². The summed E-state index contributed by atoms with van der Waals surface area (Å²) >= 11 is 22.6. The van der Waals surface area contributed by atoms with Crippen LogP contribution in [0.25, 0.3) is 0 Å². The molecular formula is C41H53N3O2S7. The van der Waals surface area contributed by atoms with Crippen molar-refractivity contribution in [1.29, 1.82) is 10.5 Å². The molecule has 0 saturated heterocycles. The van der Waals surface area contributed by atoms with E-state index in [0.29, 0.717) is 6.42 Å². The van der Waals surface area contributed by atoms with E-state index in [1.54, 1.807) is 35.3 Å². The molecule has 0 fully saturated rings. The van der Waals surface area contributed by atoms with Crippen LogP contribution in [-0.4, -0.2) is 47.7 Å². The molecular weight excluding hydrogens is 791 g/mol. The first-order valence-electron chi connectivity index (χ1n) is 17.1. The number of aliphatic carboxylic acids is 1. The molecule has 0 bridgehead atoms. The molecule has 0 amide bonds. The van der Waals surface area contributed by atoms with Crippen LogP contribution in [0.1, 0.15) is 93.2 Å². The Balaban J connectivity index is 0.000000398. The van der Waals surface area contributed by atoms with Crippen LogP contribution >= 0.6 is 83.7 Å². The van der Waals surface area contributed by atoms with Crippen molar-refractivity contribution in [2.45, 2.75) is 103 Å². The predicted octanol–water partition coefficient (Wildman–Crippen LogP) is 12.7. The molecule has 12 heteroatoms. The summed E-state index contributed by atoms with van der Waals surface area (Å²) in [5, 5.41) is 27.3. The van der Waals surface area contributed by atoms with Gasteiger partial charge in [0.25, 0.3) is 0 Å². The van der Waals surface area contributed by atoms with Crippen LogP contribution in [0.4, 0.5) is 0 Å². The molecule has 2 aromatic carbocycles. The van der Waals surface area contributed by atoms with Gasteiger partial charge in [-0.25, -0.2) is 0 Å². The molecule has 286 valence electrons. The first-order valence-corrected chi connectivity index (χ1v) is 21.8. The van der Waals surface area contributed by atoms with Crippen molar-refractivity contribution in [2.24, 2.45) is 10.8 Å². The smallest absolute Gasteiger partial charge is 0.303 e. The molecule has 0 aliphatic heterocycles. The normalized spacial score (nSPS) is 12.7. The SMILES string of the molecule is CC(C)(C#N)C(C)(C)SC(=S)c1ccccc1.CC(C)(Cc1ccccc1)SC(=S)n1cccc1.CCSC(=S)SC(C)(C)C(C)(C#N)CCC(=O)O. The quantitative estimate of drug-likeness (QED) is 0.177. The minimum Gasteiger partial charge on any atom is -0.481 e. The molecule has 1 atom stereocenters. The fourth-order valence-corrected chi connectivity index (χ4v) is 11.0. The molecule has 1 aromatic heterocycles. The van der Waals surface area contributed by atoms with Crippen molar-refractivity contribution in [1.82, 2.24) is 4.57 Å². The summed E-state index contributed by atoms with van der Waals surface area (Å²) in [5.41, 5.74) is 1.27. The highest BCUT2D eigenvalue weighted by Crippen LogP contribution is 2.47. The van der Waals surface area contributed by atoms with E-state index >= 15 is 0 Å². The summed E-state index contributed by atoms with van der Waals surface area (Å²) in [4.78, 5) is 10.7. The van der Waals surface area contributed by atoms with Gasteiger partial charge >= 0.3 is 5.97 Å². The summed E-state index contributed by atoms with van der Waals surface area (Å²) in [5.74, 6) is 0.0307. The lowest BCUT2D eigenvalue weighted by molar-refractivity contribution is -0.137. The van der Waals surface area contributed by atoms with E-state index in [-0.39, 0.29) is 15.9 Å². The summed E-state index contributed by atoms with van der Waals surface area (Å²) in [6.07, 6.45) is 5.34. The Morgan fingerprint density at radius 1 is 0.755 bits per heavy atom.